The van der Waals surface area contributed by atoms with Crippen molar-refractivity contribution in [3.63, 3.8) is 0 Å². The van der Waals surface area contributed by atoms with Crippen LogP contribution in [0, 0.1) is 10.1 Å². The third kappa shape index (κ3) is 4.37. The Labute approximate surface area is 158 Å². The molecule has 9 heteroatoms. The Morgan fingerprint density at radius 2 is 1.74 bits per heavy atom. The molecule has 27 heavy (non-hydrogen) atoms. The van der Waals surface area contributed by atoms with Gasteiger partial charge in [-0.1, -0.05) is 18.2 Å². The molecule has 1 aliphatic rings. The van der Waals surface area contributed by atoms with Gasteiger partial charge in [-0.25, -0.2) is 8.42 Å². The van der Waals surface area contributed by atoms with Gasteiger partial charge in [0.1, 0.15) is 5.69 Å². The Morgan fingerprint density at radius 1 is 1.11 bits per heavy atom. The minimum absolute atomic E-state index is 0.0727. The van der Waals surface area contributed by atoms with E-state index in [9.17, 15) is 18.5 Å². The van der Waals surface area contributed by atoms with Gasteiger partial charge in [0.15, 0.2) is 0 Å². The van der Waals surface area contributed by atoms with Crippen LogP contribution in [0.4, 0.5) is 17.1 Å². The highest BCUT2D eigenvalue weighted by Crippen LogP contribution is 2.33. The van der Waals surface area contributed by atoms with Crippen LogP contribution in [0.15, 0.2) is 53.4 Å². The van der Waals surface area contributed by atoms with Gasteiger partial charge in [-0.2, -0.15) is 0 Å². The highest BCUT2D eigenvalue weighted by Gasteiger charge is 2.29. The number of benzene rings is 2. The van der Waals surface area contributed by atoms with Crippen LogP contribution in [-0.4, -0.2) is 38.6 Å². The average molecular weight is 391 g/mol. The molecule has 1 saturated heterocycles. The van der Waals surface area contributed by atoms with E-state index < -0.39 is 14.9 Å². The summed E-state index contributed by atoms with van der Waals surface area (Å²) in [4.78, 5) is 12.7. The minimum atomic E-state index is -3.94. The molecule has 0 aromatic heterocycles. The fourth-order valence-electron chi connectivity index (χ4n) is 3.18. The van der Waals surface area contributed by atoms with Gasteiger partial charge in [-0.15, -0.1) is 0 Å². The molecule has 1 heterocycles. The van der Waals surface area contributed by atoms with Gasteiger partial charge in [-0.3, -0.25) is 14.8 Å². The standard InChI is InChI=1S/C18H21N3O5S/c1-13-11-20(12-14(2)26-13)17-9-8-16(10-18(17)21(22)23)27(24,25)19-15-6-4-3-5-7-15/h3-10,13-14,19H,11-12H2,1-2H3/t13-,14-/m0/s1. The lowest BCUT2D eigenvalue weighted by Crippen LogP contribution is -2.45. The summed E-state index contributed by atoms with van der Waals surface area (Å²) in [6.07, 6.45) is -0.145. The molecule has 0 amide bonds. The number of anilines is 2. The van der Waals surface area contributed by atoms with E-state index in [1.807, 2.05) is 18.7 Å². The van der Waals surface area contributed by atoms with E-state index in [-0.39, 0.29) is 22.8 Å². The van der Waals surface area contributed by atoms with Crippen LogP contribution in [0.2, 0.25) is 0 Å². The quantitative estimate of drug-likeness (QED) is 0.621. The van der Waals surface area contributed by atoms with Crippen LogP contribution in [0.1, 0.15) is 13.8 Å². The van der Waals surface area contributed by atoms with Gasteiger partial charge in [0, 0.05) is 24.8 Å². The summed E-state index contributed by atoms with van der Waals surface area (Å²) in [6, 6.07) is 12.4. The van der Waals surface area contributed by atoms with Gasteiger partial charge in [0.2, 0.25) is 0 Å². The largest absolute Gasteiger partial charge is 0.372 e. The molecule has 1 aliphatic heterocycles. The number of nitrogens with zero attached hydrogens (tertiary/aromatic N) is 2. The molecule has 2 atom stereocenters. The molecule has 3 rings (SSSR count). The van der Waals surface area contributed by atoms with Crippen LogP contribution in [0.5, 0.6) is 0 Å². The second-order valence-electron chi connectivity index (χ2n) is 6.54. The van der Waals surface area contributed by atoms with Gasteiger partial charge < -0.3 is 9.64 Å². The summed E-state index contributed by atoms with van der Waals surface area (Å²) in [5.41, 5.74) is 0.535. The van der Waals surface area contributed by atoms with E-state index in [4.69, 9.17) is 4.74 Å². The zero-order valence-electron chi connectivity index (χ0n) is 15.0. The Bertz CT molecular complexity index is 923. The molecule has 0 radical (unpaired) electrons. The normalized spacial score (nSPS) is 20.3. The first-order chi connectivity index (χ1) is 12.8. The Balaban J connectivity index is 1.95. The molecular formula is C18H21N3O5S. The third-order valence-corrected chi connectivity index (χ3v) is 5.62. The van der Waals surface area contributed by atoms with E-state index in [2.05, 4.69) is 4.72 Å². The first kappa shape index (κ1) is 19.1. The maximum absolute atomic E-state index is 12.6. The van der Waals surface area contributed by atoms with Crippen molar-refractivity contribution in [2.45, 2.75) is 31.0 Å². The minimum Gasteiger partial charge on any atom is -0.372 e. The molecule has 0 unspecified atom stereocenters. The molecule has 8 nitrogen and oxygen atoms in total. The van der Waals surface area contributed by atoms with E-state index in [1.54, 1.807) is 30.3 Å². The topological polar surface area (TPSA) is 102 Å². The summed E-state index contributed by atoms with van der Waals surface area (Å²) >= 11 is 0. The van der Waals surface area contributed by atoms with Gasteiger partial charge in [0.25, 0.3) is 15.7 Å². The predicted molar refractivity (Wildman–Crippen MR) is 103 cm³/mol. The first-order valence-electron chi connectivity index (χ1n) is 8.53. The number of sulfonamides is 1. The predicted octanol–water partition coefficient (Wildman–Crippen LogP) is 3.01. The highest BCUT2D eigenvalue weighted by atomic mass is 32.2. The second kappa shape index (κ2) is 7.53. The molecule has 2 aromatic rings. The van der Waals surface area contributed by atoms with Crippen LogP contribution in [0.25, 0.3) is 0 Å². The van der Waals surface area contributed by atoms with Crippen molar-refractivity contribution in [3.8, 4) is 0 Å². The van der Waals surface area contributed by atoms with E-state index in [1.165, 1.54) is 12.1 Å². The number of hydrogen-bond acceptors (Lipinski definition) is 6. The lowest BCUT2D eigenvalue weighted by atomic mass is 10.2. The third-order valence-electron chi connectivity index (χ3n) is 4.24. The summed E-state index contributed by atoms with van der Waals surface area (Å²) < 4.78 is 33.3. The zero-order valence-corrected chi connectivity index (χ0v) is 15.8. The van der Waals surface area contributed by atoms with Gasteiger partial charge in [0.05, 0.1) is 22.0 Å². The smallest absolute Gasteiger partial charge is 0.293 e. The summed E-state index contributed by atoms with van der Waals surface area (Å²) in [7, 11) is -3.94. The van der Waals surface area contributed by atoms with Crippen molar-refractivity contribution < 1.29 is 18.1 Å². The fourth-order valence-corrected chi connectivity index (χ4v) is 4.26. The Kier molecular flexibility index (Phi) is 5.33. The summed E-state index contributed by atoms with van der Waals surface area (Å²) in [6.45, 7) is 4.80. The molecule has 144 valence electrons. The number of nitrogens with one attached hydrogen (secondary N) is 1. The van der Waals surface area contributed by atoms with Crippen LogP contribution in [-0.2, 0) is 14.8 Å². The molecule has 0 spiro atoms. The Morgan fingerprint density at radius 3 is 2.33 bits per heavy atom. The first-order valence-corrected chi connectivity index (χ1v) is 10.0. The van der Waals surface area contributed by atoms with Crippen molar-refractivity contribution >= 4 is 27.1 Å². The monoisotopic (exact) mass is 391 g/mol. The van der Waals surface area contributed by atoms with Crippen molar-refractivity contribution in [1.29, 1.82) is 0 Å². The van der Waals surface area contributed by atoms with E-state index >= 15 is 0 Å². The number of rotatable bonds is 5. The number of hydrogen-bond donors (Lipinski definition) is 1. The summed E-state index contributed by atoms with van der Waals surface area (Å²) in [5, 5.41) is 11.6. The number of ether oxygens (including phenoxy) is 1. The molecule has 0 saturated carbocycles. The fraction of sp³-hybridized carbons (Fsp3) is 0.333. The van der Waals surface area contributed by atoms with Crippen molar-refractivity contribution in [1.82, 2.24) is 0 Å². The number of nitro groups is 1. The van der Waals surface area contributed by atoms with E-state index in [0.717, 1.165) is 6.07 Å². The second-order valence-corrected chi connectivity index (χ2v) is 8.22. The van der Waals surface area contributed by atoms with E-state index in [0.29, 0.717) is 24.5 Å². The van der Waals surface area contributed by atoms with Gasteiger partial charge in [-0.05, 0) is 38.1 Å². The number of nitro benzene ring substituents is 1. The van der Waals surface area contributed by atoms with Crippen LogP contribution in [0.3, 0.4) is 0 Å². The maximum Gasteiger partial charge on any atom is 0.293 e. The zero-order chi connectivity index (χ0) is 19.6. The lowest BCUT2D eigenvalue weighted by molar-refractivity contribution is -0.384. The molecule has 0 bridgehead atoms. The number of morpholine rings is 1. The maximum atomic E-state index is 12.6. The highest BCUT2D eigenvalue weighted by molar-refractivity contribution is 7.92. The lowest BCUT2D eigenvalue weighted by Gasteiger charge is -2.36. The molecular weight excluding hydrogens is 370 g/mol. The van der Waals surface area contributed by atoms with Crippen molar-refractivity contribution in [2.24, 2.45) is 0 Å². The molecule has 0 aliphatic carbocycles. The average Bonchev–Trinajstić information content (AvgIpc) is 2.60. The van der Waals surface area contributed by atoms with Gasteiger partial charge >= 0.3 is 0 Å². The van der Waals surface area contributed by atoms with Crippen molar-refractivity contribution in [3.05, 3.63) is 58.6 Å². The number of para-hydroxylation sites is 1. The van der Waals surface area contributed by atoms with Crippen LogP contribution >= 0.6 is 0 Å². The summed E-state index contributed by atoms with van der Waals surface area (Å²) in [5.74, 6) is 0. The van der Waals surface area contributed by atoms with Crippen LogP contribution < -0.4 is 9.62 Å². The molecule has 1 N–H and O–H groups in total. The SMILES string of the molecule is C[C@H]1CN(c2ccc(S(=O)(=O)Nc3ccccc3)cc2[N+](=O)[O-])C[C@H](C)O1. The molecule has 2 aromatic carbocycles. The Hall–Kier alpha value is -2.65. The molecule has 1 fully saturated rings. The van der Waals surface area contributed by atoms with Crippen molar-refractivity contribution in [2.75, 3.05) is 22.7 Å².